The minimum atomic E-state index is -0.397. The molecule has 0 aliphatic carbocycles. The van der Waals surface area contributed by atoms with Crippen molar-refractivity contribution in [3.05, 3.63) is 99.8 Å². The Morgan fingerprint density at radius 3 is 1.81 bits per heavy atom. The molecule has 1 N–H and O–H groups in total. The van der Waals surface area contributed by atoms with Crippen molar-refractivity contribution in [2.24, 2.45) is 0 Å². The van der Waals surface area contributed by atoms with Crippen LogP contribution >= 0.6 is 48.0 Å². The average Bonchev–Trinajstić information content (AvgIpc) is 2.88. The fourth-order valence-electron chi connectivity index (χ4n) is 4.99. The maximum absolute atomic E-state index is 13.3. The highest BCUT2D eigenvalue weighted by Crippen LogP contribution is 2.38. The molecule has 0 aromatic heterocycles. The highest BCUT2D eigenvalue weighted by atomic mass is 35.5. The Kier molecular flexibility index (Phi) is 12.5. The molecule has 3 aromatic rings. The molecule has 1 saturated heterocycles. The second-order valence-electron chi connectivity index (χ2n) is 9.00. The molecule has 9 heteroatoms. The number of anilines is 1. The molecule has 1 heterocycles. The van der Waals surface area contributed by atoms with E-state index in [0.29, 0.717) is 16.6 Å². The molecular weight excluding hydrogens is 555 g/mol. The maximum atomic E-state index is 13.3. The standard InChI is InChI=1S/C28H30Cl2FN3O.2ClH/c29-24-6-2-22(3-7-24)28(20-32-21-35,23-4-8-25(30)9-5-23)14-1-15-33-16-18-34(19-17-33)27-12-10-26(31)11-13-27;;/h2-13,21H,1,14-20H2,(H,32,35);2*1H. The highest BCUT2D eigenvalue weighted by molar-refractivity contribution is 6.30. The van der Waals surface area contributed by atoms with Gasteiger partial charge in [-0.2, -0.15) is 0 Å². The summed E-state index contributed by atoms with van der Waals surface area (Å²) in [6.07, 6.45) is 2.58. The Balaban J connectivity index is 0.00000241. The fraction of sp³-hybridized carbons (Fsp3) is 0.321. The first-order valence-electron chi connectivity index (χ1n) is 11.9. The zero-order valence-electron chi connectivity index (χ0n) is 20.4. The minimum absolute atomic E-state index is 0. The van der Waals surface area contributed by atoms with Gasteiger partial charge in [0.05, 0.1) is 0 Å². The summed E-state index contributed by atoms with van der Waals surface area (Å²) >= 11 is 12.4. The molecule has 4 rings (SSSR count). The van der Waals surface area contributed by atoms with Crippen LogP contribution in [0.15, 0.2) is 72.8 Å². The maximum Gasteiger partial charge on any atom is 0.207 e. The largest absolute Gasteiger partial charge is 0.369 e. The van der Waals surface area contributed by atoms with E-state index in [1.54, 1.807) is 0 Å². The Bertz CT molecular complexity index is 1040. The van der Waals surface area contributed by atoms with Crippen molar-refractivity contribution in [2.75, 3.05) is 44.2 Å². The van der Waals surface area contributed by atoms with Crippen LogP contribution in [0.25, 0.3) is 0 Å². The van der Waals surface area contributed by atoms with Crippen molar-refractivity contribution >= 4 is 60.1 Å². The van der Waals surface area contributed by atoms with E-state index >= 15 is 0 Å². The van der Waals surface area contributed by atoms with E-state index in [9.17, 15) is 9.18 Å². The van der Waals surface area contributed by atoms with Crippen molar-refractivity contribution in [2.45, 2.75) is 18.3 Å². The summed E-state index contributed by atoms with van der Waals surface area (Å²) in [5.74, 6) is -0.207. The van der Waals surface area contributed by atoms with Crippen LogP contribution in [-0.4, -0.2) is 50.6 Å². The third kappa shape index (κ3) is 7.98. The van der Waals surface area contributed by atoms with Crippen LogP contribution in [0.1, 0.15) is 24.0 Å². The first-order chi connectivity index (χ1) is 17.0. The van der Waals surface area contributed by atoms with Crippen molar-refractivity contribution in [1.82, 2.24) is 10.2 Å². The minimum Gasteiger partial charge on any atom is -0.369 e. The molecule has 0 spiro atoms. The number of hydrogen-bond donors (Lipinski definition) is 1. The topological polar surface area (TPSA) is 35.6 Å². The molecule has 0 saturated carbocycles. The quantitative estimate of drug-likeness (QED) is 0.271. The van der Waals surface area contributed by atoms with Gasteiger partial charge in [0.1, 0.15) is 5.82 Å². The van der Waals surface area contributed by atoms with E-state index in [2.05, 4.69) is 15.1 Å². The molecule has 1 fully saturated rings. The number of amides is 1. The second-order valence-corrected chi connectivity index (χ2v) is 9.88. The molecule has 1 aliphatic rings. The van der Waals surface area contributed by atoms with Gasteiger partial charge in [0.2, 0.25) is 6.41 Å². The van der Waals surface area contributed by atoms with Crippen molar-refractivity contribution in [3.8, 4) is 0 Å². The SMILES string of the molecule is Cl.Cl.O=CNCC(CCCN1CCN(c2ccc(F)cc2)CC1)(c1ccc(Cl)cc1)c1ccc(Cl)cc1. The summed E-state index contributed by atoms with van der Waals surface area (Å²) in [4.78, 5) is 16.1. The van der Waals surface area contributed by atoms with Gasteiger partial charge in [0.15, 0.2) is 0 Å². The predicted octanol–water partition coefficient (Wildman–Crippen LogP) is 6.61. The van der Waals surface area contributed by atoms with Crippen LogP contribution < -0.4 is 10.2 Å². The monoisotopic (exact) mass is 585 g/mol. The number of hydrogen-bond acceptors (Lipinski definition) is 3. The lowest BCUT2D eigenvalue weighted by Crippen LogP contribution is -2.47. The molecule has 3 aromatic carbocycles. The number of piperazine rings is 1. The van der Waals surface area contributed by atoms with Crippen LogP contribution in [-0.2, 0) is 10.2 Å². The summed E-state index contributed by atoms with van der Waals surface area (Å²) < 4.78 is 13.3. The number of benzene rings is 3. The third-order valence-corrected chi connectivity index (χ3v) is 7.43. The molecule has 0 unspecified atom stereocenters. The molecule has 0 atom stereocenters. The van der Waals surface area contributed by atoms with Gasteiger partial charge >= 0.3 is 0 Å². The van der Waals surface area contributed by atoms with E-state index in [-0.39, 0.29) is 30.6 Å². The summed E-state index contributed by atoms with van der Waals surface area (Å²) in [5, 5.41) is 4.30. The first-order valence-corrected chi connectivity index (χ1v) is 12.7. The number of nitrogens with one attached hydrogen (secondary N) is 1. The van der Waals surface area contributed by atoms with Gasteiger partial charge in [-0.25, -0.2) is 4.39 Å². The number of halogens is 5. The van der Waals surface area contributed by atoms with Gasteiger partial charge in [0.25, 0.3) is 0 Å². The second kappa shape index (κ2) is 14.8. The zero-order valence-corrected chi connectivity index (χ0v) is 23.6. The molecule has 0 radical (unpaired) electrons. The molecule has 1 amide bonds. The van der Waals surface area contributed by atoms with Crippen LogP contribution in [0.2, 0.25) is 10.0 Å². The average molecular weight is 587 g/mol. The van der Waals surface area contributed by atoms with Gasteiger partial charge in [-0.3, -0.25) is 9.69 Å². The Hall–Kier alpha value is -2.02. The Labute approximate surface area is 240 Å². The fourth-order valence-corrected chi connectivity index (χ4v) is 5.24. The smallest absolute Gasteiger partial charge is 0.207 e. The highest BCUT2D eigenvalue weighted by Gasteiger charge is 2.34. The molecule has 1 aliphatic heterocycles. The number of nitrogens with zero attached hydrogens (tertiary/aromatic N) is 2. The molecular formula is C28H32Cl4FN3O. The van der Waals surface area contributed by atoms with Crippen molar-refractivity contribution in [1.29, 1.82) is 0 Å². The first kappa shape index (κ1) is 31.2. The molecule has 37 heavy (non-hydrogen) atoms. The lowest BCUT2D eigenvalue weighted by atomic mass is 9.71. The number of carbonyl (C=O) groups is 1. The Morgan fingerprint density at radius 2 is 1.32 bits per heavy atom. The summed E-state index contributed by atoms with van der Waals surface area (Å²) in [5.41, 5.74) is 2.89. The number of carbonyl (C=O) groups excluding carboxylic acids is 1. The Morgan fingerprint density at radius 1 is 0.811 bits per heavy atom. The van der Waals surface area contributed by atoms with Gasteiger partial charge in [-0.05, 0) is 79.0 Å². The summed E-state index contributed by atoms with van der Waals surface area (Å²) in [6.45, 7) is 5.19. The predicted molar refractivity (Wildman–Crippen MR) is 157 cm³/mol. The van der Waals surface area contributed by atoms with Crippen LogP contribution in [0.5, 0.6) is 0 Å². The lowest BCUT2D eigenvalue weighted by molar-refractivity contribution is -0.109. The van der Waals surface area contributed by atoms with Crippen LogP contribution in [0, 0.1) is 5.82 Å². The summed E-state index contributed by atoms with van der Waals surface area (Å²) in [6, 6.07) is 22.5. The normalized spacial score (nSPS) is 13.9. The molecule has 0 bridgehead atoms. The summed E-state index contributed by atoms with van der Waals surface area (Å²) in [7, 11) is 0. The van der Waals surface area contributed by atoms with Crippen molar-refractivity contribution in [3.63, 3.8) is 0 Å². The molecule has 4 nitrogen and oxygen atoms in total. The van der Waals surface area contributed by atoms with Gasteiger partial charge < -0.3 is 10.2 Å². The van der Waals surface area contributed by atoms with E-state index in [0.717, 1.165) is 68.8 Å². The van der Waals surface area contributed by atoms with E-state index in [4.69, 9.17) is 23.2 Å². The van der Waals surface area contributed by atoms with Crippen molar-refractivity contribution < 1.29 is 9.18 Å². The van der Waals surface area contributed by atoms with Gasteiger partial charge in [-0.15, -0.1) is 24.8 Å². The van der Waals surface area contributed by atoms with Crippen LogP contribution in [0.4, 0.5) is 10.1 Å². The lowest BCUT2D eigenvalue weighted by Gasteiger charge is -2.38. The third-order valence-electron chi connectivity index (χ3n) is 6.92. The van der Waals surface area contributed by atoms with Crippen LogP contribution in [0.3, 0.4) is 0 Å². The number of rotatable bonds is 10. The van der Waals surface area contributed by atoms with Gasteiger partial charge in [0, 0.05) is 53.9 Å². The van der Waals surface area contributed by atoms with E-state index in [1.165, 1.54) is 12.1 Å². The van der Waals surface area contributed by atoms with Gasteiger partial charge in [-0.1, -0.05) is 47.5 Å². The van der Waals surface area contributed by atoms with E-state index in [1.807, 2.05) is 60.7 Å². The zero-order chi connectivity index (χ0) is 24.7. The molecule has 200 valence electrons. The van der Waals surface area contributed by atoms with E-state index < -0.39 is 5.41 Å².